The van der Waals surface area contributed by atoms with Gasteiger partial charge < -0.3 is 9.84 Å². The average Bonchev–Trinajstić information content (AvgIpc) is 3.22. The van der Waals surface area contributed by atoms with Crippen LogP contribution in [0.5, 0.6) is 0 Å². The number of aromatic nitrogens is 2. The number of nitrogens with zero attached hydrogens (tertiary/aromatic N) is 3. The smallest absolute Gasteiger partial charge is 0.325 e. The Hall–Kier alpha value is -3.19. The van der Waals surface area contributed by atoms with Crippen molar-refractivity contribution in [2.75, 3.05) is 0 Å². The van der Waals surface area contributed by atoms with Gasteiger partial charge in [-0.3, -0.25) is 9.69 Å². The van der Waals surface area contributed by atoms with Crippen LogP contribution < -0.4 is 5.32 Å². The second kappa shape index (κ2) is 6.51. The van der Waals surface area contributed by atoms with E-state index < -0.39 is 11.6 Å². The summed E-state index contributed by atoms with van der Waals surface area (Å²) < 4.78 is 5.21. The van der Waals surface area contributed by atoms with Gasteiger partial charge >= 0.3 is 6.03 Å². The molecule has 1 N–H and O–H groups in total. The molecule has 1 atom stereocenters. The minimum Gasteiger partial charge on any atom is -0.337 e. The molecule has 2 heterocycles. The zero-order valence-corrected chi connectivity index (χ0v) is 15.1. The second-order valence-corrected chi connectivity index (χ2v) is 6.77. The molecule has 1 aliphatic heterocycles. The molecule has 2 aromatic carbocycles. The molecule has 0 aliphatic carbocycles. The van der Waals surface area contributed by atoms with Crippen molar-refractivity contribution in [2.45, 2.75) is 19.0 Å². The summed E-state index contributed by atoms with van der Waals surface area (Å²) in [5.74, 6) is 0.123. The Labute approximate surface area is 159 Å². The van der Waals surface area contributed by atoms with E-state index in [-0.39, 0.29) is 18.3 Å². The van der Waals surface area contributed by atoms with Crippen LogP contribution in [0.3, 0.4) is 0 Å². The molecular formula is C19H15ClN4O3. The minimum atomic E-state index is -1.13. The molecule has 1 saturated heterocycles. The van der Waals surface area contributed by atoms with Crippen molar-refractivity contribution in [1.29, 1.82) is 0 Å². The lowest BCUT2D eigenvalue weighted by molar-refractivity contribution is -0.131. The molecule has 0 radical (unpaired) electrons. The zero-order chi connectivity index (χ0) is 19.0. The Balaban J connectivity index is 1.57. The number of hydrogen-bond acceptors (Lipinski definition) is 5. The zero-order valence-electron chi connectivity index (χ0n) is 14.3. The first kappa shape index (κ1) is 17.2. The van der Waals surface area contributed by atoms with Crippen molar-refractivity contribution >= 4 is 23.5 Å². The van der Waals surface area contributed by atoms with Gasteiger partial charge in [-0.25, -0.2) is 4.79 Å². The van der Waals surface area contributed by atoms with Crippen LogP contribution in [-0.2, 0) is 16.9 Å². The summed E-state index contributed by atoms with van der Waals surface area (Å²) in [4.78, 5) is 30.6. The molecule has 3 aromatic rings. The fourth-order valence-electron chi connectivity index (χ4n) is 3.01. The predicted molar refractivity (Wildman–Crippen MR) is 97.6 cm³/mol. The molecule has 1 aliphatic rings. The van der Waals surface area contributed by atoms with Crippen LogP contribution >= 0.6 is 11.6 Å². The lowest BCUT2D eigenvalue weighted by Crippen LogP contribution is -2.40. The maximum atomic E-state index is 12.9. The average molecular weight is 383 g/mol. The van der Waals surface area contributed by atoms with Gasteiger partial charge in [-0.15, -0.1) is 0 Å². The summed E-state index contributed by atoms with van der Waals surface area (Å²) in [6.07, 6.45) is 0. The molecule has 136 valence electrons. The first-order chi connectivity index (χ1) is 13.0. The lowest BCUT2D eigenvalue weighted by Gasteiger charge is -2.21. The van der Waals surface area contributed by atoms with Crippen LogP contribution in [0.4, 0.5) is 4.79 Å². The molecule has 1 unspecified atom stereocenters. The summed E-state index contributed by atoms with van der Waals surface area (Å²) in [6, 6.07) is 15.6. The maximum Gasteiger partial charge on any atom is 0.325 e. The van der Waals surface area contributed by atoms with E-state index in [9.17, 15) is 9.59 Å². The number of hydrogen-bond donors (Lipinski definition) is 1. The van der Waals surface area contributed by atoms with Gasteiger partial charge in [0.2, 0.25) is 11.7 Å². The first-order valence-corrected chi connectivity index (χ1v) is 8.63. The molecule has 7 nitrogen and oxygen atoms in total. The van der Waals surface area contributed by atoms with Gasteiger partial charge in [0, 0.05) is 10.6 Å². The molecule has 0 spiro atoms. The number of nitrogens with one attached hydrogen (secondary N) is 1. The number of carbonyl (C=O) groups is 2. The van der Waals surface area contributed by atoms with Crippen LogP contribution in [0.1, 0.15) is 18.4 Å². The molecule has 3 amide bonds. The Morgan fingerprint density at radius 3 is 2.67 bits per heavy atom. The number of urea groups is 1. The van der Waals surface area contributed by atoms with E-state index >= 15 is 0 Å². The van der Waals surface area contributed by atoms with Crippen molar-refractivity contribution in [1.82, 2.24) is 20.4 Å². The van der Waals surface area contributed by atoms with Gasteiger partial charge in [0.05, 0.1) is 0 Å². The van der Waals surface area contributed by atoms with Crippen LogP contribution in [0.2, 0.25) is 5.02 Å². The quantitative estimate of drug-likeness (QED) is 0.699. The fourth-order valence-corrected chi connectivity index (χ4v) is 3.20. The number of carbonyl (C=O) groups excluding carboxylic acids is 2. The van der Waals surface area contributed by atoms with Crippen LogP contribution in [0.15, 0.2) is 59.1 Å². The molecule has 8 heteroatoms. The van der Waals surface area contributed by atoms with Gasteiger partial charge in [-0.05, 0) is 24.6 Å². The first-order valence-electron chi connectivity index (χ1n) is 8.25. The minimum absolute atomic E-state index is 0.110. The SMILES string of the molecule is CC1(c2ccccc2)NC(=O)N(Cc2nc(-c3cccc(Cl)c3)no2)C1=O. The molecule has 4 rings (SSSR count). The number of amides is 3. The molecule has 1 fully saturated rings. The third-order valence-corrected chi connectivity index (χ3v) is 4.71. The van der Waals surface area contributed by atoms with E-state index in [0.717, 1.165) is 4.90 Å². The van der Waals surface area contributed by atoms with E-state index in [1.807, 2.05) is 18.2 Å². The summed E-state index contributed by atoms with van der Waals surface area (Å²) in [5, 5.41) is 7.19. The summed E-state index contributed by atoms with van der Waals surface area (Å²) in [7, 11) is 0. The van der Waals surface area contributed by atoms with E-state index in [1.165, 1.54) is 0 Å². The number of rotatable bonds is 4. The Kier molecular flexibility index (Phi) is 4.16. The highest BCUT2D eigenvalue weighted by Gasteiger charge is 2.49. The maximum absolute atomic E-state index is 12.9. The van der Waals surface area contributed by atoms with Crippen LogP contribution in [-0.4, -0.2) is 27.0 Å². The summed E-state index contributed by atoms with van der Waals surface area (Å²) >= 11 is 5.97. The largest absolute Gasteiger partial charge is 0.337 e. The highest BCUT2D eigenvalue weighted by molar-refractivity contribution is 6.30. The highest BCUT2D eigenvalue weighted by atomic mass is 35.5. The Morgan fingerprint density at radius 1 is 1.15 bits per heavy atom. The van der Waals surface area contributed by atoms with Gasteiger partial charge in [0.25, 0.3) is 5.91 Å². The van der Waals surface area contributed by atoms with Crippen LogP contribution in [0, 0.1) is 0 Å². The topological polar surface area (TPSA) is 88.3 Å². The Morgan fingerprint density at radius 2 is 1.93 bits per heavy atom. The van der Waals surface area contributed by atoms with E-state index in [4.69, 9.17) is 16.1 Å². The molecular weight excluding hydrogens is 368 g/mol. The number of benzene rings is 2. The van der Waals surface area contributed by atoms with E-state index in [1.54, 1.807) is 43.3 Å². The normalized spacial score (nSPS) is 19.4. The van der Waals surface area contributed by atoms with Crippen molar-refractivity contribution in [3.05, 3.63) is 71.1 Å². The monoisotopic (exact) mass is 382 g/mol. The molecule has 0 saturated carbocycles. The van der Waals surface area contributed by atoms with Crippen molar-refractivity contribution in [3.8, 4) is 11.4 Å². The van der Waals surface area contributed by atoms with Crippen molar-refractivity contribution in [2.24, 2.45) is 0 Å². The molecule has 0 bridgehead atoms. The number of halogens is 1. The Bertz CT molecular complexity index is 1020. The standard InChI is InChI=1S/C19H15ClN4O3/c1-19(13-7-3-2-4-8-13)17(25)24(18(26)22-19)11-15-21-16(23-27-15)12-6-5-9-14(20)10-12/h2-10H,11H2,1H3,(H,22,26). The van der Waals surface area contributed by atoms with Crippen LogP contribution in [0.25, 0.3) is 11.4 Å². The number of imide groups is 1. The second-order valence-electron chi connectivity index (χ2n) is 6.33. The summed E-state index contributed by atoms with van der Waals surface area (Å²) in [6.45, 7) is 1.56. The highest BCUT2D eigenvalue weighted by Crippen LogP contribution is 2.29. The van der Waals surface area contributed by atoms with Crippen molar-refractivity contribution in [3.63, 3.8) is 0 Å². The summed E-state index contributed by atoms with van der Waals surface area (Å²) in [5.41, 5.74) is 0.258. The van der Waals surface area contributed by atoms with E-state index in [0.29, 0.717) is 22.0 Å². The lowest BCUT2D eigenvalue weighted by atomic mass is 9.92. The van der Waals surface area contributed by atoms with Gasteiger partial charge in [-0.2, -0.15) is 4.98 Å². The van der Waals surface area contributed by atoms with E-state index in [2.05, 4.69) is 15.5 Å². The third kappa shape index (κ3) is 3.06. The van der Waals surface area contributed by atoms with Gasteiger partial charge in [0.15, 0.2) is 0 Å². The third-order valence-electron chi connectivity index (χ3n) is 4.47. The van der Waals surface area contributed by atoms with Gasteiger partial charge in [-0.1, -0.05) is 59.2 Å². The van der Waals surface area contributed by atoms with Crippen molar-refractivity contribution < 1.29 is 14.1 Å². The molecule has 1 aromatic heterocycles. The molecule has 27 heavy (non-hydrogen) atoms. The predicted octanol–water partition coefficient (Wildman–Crippen LogP) is 3.36. The fraction of sp³-hybridized carbons (Fsp3) is 0.158. The van der Waals surface area contributed by atoms with Gasteiger partial charge in [0.1, 0.15) is 12.1 Å².